The molecule has 2 fully saturated rings. The van der Waals surface area contributed by atoms with Crippen LogP contribution in [-0.2, 0) is 4.74 Å². The Morgan fingerprint density at radius 1 is 1.29 bits per heavy atom. The Morgan fingerprint density at radius 3 is 2.75 bits per heavy atom. The van der Waals surface area contributed by atoms with Crippen molar-refractivity contribution in [3.63, 3.8) is 0 Å². The van der Waals surface area contributed by atoms with Crippen LogP contribution in [-0.4, -0.2) is 51.7 Å². The smallest absolute Gasteiger partial charge is 0.413 e. The summed E-state index contributed by atoms with van der Waals surface area (Å²) in [5.74, 6) is 1.17. The number of hydrogen-bond acceptors (Lipinski definition) is 5. The maximum atomic E-state index is 12.1. The molecule has 1 amide bonds. The summed E-state index contributed by atoms with van der Waals surface area (Å²) in [5, 5.41) is 14.2. The summed E-state index contributed by atoms with van der Waals surface area (Å²) in [6.07, 6.45) is 8.02. The number of carbonyl (C=O) groups is 1. The summed E-state index contributed by atoms with van der Waals surface area (Å²) in [6, 6.07) is 1.70. The fourth-order valence-corrected chi connectivity index (χ4v) is 4.31. The van der Waals surface area contributed by atoms with Gasteiger partial charge in [-0.05, 0) is 60.4 Å². The Balaban J connectivity index is 1.67. The molecule has 2 aromatic rings. The molecule has 1 N–H and O–H groups in total. The van der Waals surface area contributed by atoms with Crippen molar-refractivity contribution in [2.24, 2.45) is 5.92 Å². The van der Waals surface area contributed by atoms with E-state index in [2.05, 4.69) is 26.0 Å². The molecule has 28 heavy (non-hydrogen) atoms. The minimum atomic E-state index is -1.01. The summed E-state index contributed by atoms with van der Waals surface area (Å²) >= 11 is 3.46. The van der Waals surface area contributed by atoms with Gasteiger partial charge in [-0.3, -0.25) is 4.90 Å². The number of fused-ring (bicyclic) bond motifs is 1. The van der Waals surface area contributed by atoms with E-state index in [4.69, 9.17) is 9.47 Å². The van der Waals surface area contributed by atoms with Crippen LogP contribution < -0.4 is 9.64 Å². The van der Waals surface area contributed by atoms with E-state index in [0.717, 1.165) is 38.5 Å². The molecule has 1 saturated heterocycles. The van der Waals surface area contributed by atoms with Crippen LogP contribution in [0.4, 0.5) is 10.6 Å². The maximum Gasteiger partial charge on any atom is 0.413 e. The lowest BCUT2D eigenvalue weighted by Gasteiger charge is -2.28. The second kappa shape index (κ2) is 8.65. The molecule has 2 aliphatic rings. The van der Waals surface area contributed by atoms with Crippen LogP contribution >= 0.6 is 15.9 Å². The molecule has 3 heterocycles. The van der Waals surface area contributed by atoms with Gasteiger partial charge >= 0.3 is 6.09 Å². The van der Waals surface area contributed by atoms with Gasteiger partial charge in [0.2, 0.25) is 5.88 Å². The van der Waals surface area contributed by atoms with Crippen molar-refractivity contribution < 1.29 is 19.4 Å². The fourth-order valence-electron chi connectivity index (χ4n) is 3.96. The van der Waals surface area contributed by atoms with E-state index in [9.17, 15) is 9.90 Å². The van der Waals surface area contributed by atoms with Crippen molar-refractivity contribution in [2.75, 3.05) is 24.7 Å². The standard InChI is InChI=1S/C19H25BrN4O4/c20-15-11-21-24-17(23(19(25)26)12-13-6-8-27-9-7-13)10-16(22-18(15)24)28-14-4-2-1-3-5-14/h10-11,13-14H,1-9,12H2,(H,25,26). The van der Waals surface area contributed by atoms with E-state index in [0.29, 0.717) is 41.6 Å². The van der Waals surface area contributed by atoms with Crippen LogP contribution in [0.15, 0.2) is 16.7 Å². The first-order valence-corrected chi connectivity index (χ1v) is 10.7. The molecule has 0 unspecified atom stereocenters. The summed E-state index contributed by atoms with van der Waals surface area (Å²) in [5.41, 5.74) is 0.557. The first-order valence-electron chi connectivity index (χ1n) is 9.91. The number of amides is 1. The summed E-state index contributed by atoms with van der Waals surface area (Å²) in [6.45, 7) is 1.75. The zero-order valence-corrected chi connectivity index (χ0v) is 17.3. The lowest BCUT2D eigenvalue weighted by atomic mass is 9.98. The lowest BCUT2D eigenvalue weighted by molar-refractivity contribution is 0.0679. The Bertz CT molecular complexity index is 831. The van der Waals surface area contributed by atoms with Crippen LogP contribution in [0.1, 0.15) is 44.9 Å². The highest BCUT2D eigenvalue weighted by Crippen LogP contribution is 2.30. The lowest BCUT2D eigenvalue weighted by Crippen LogP contribution is -2.37. The minimum Gasteiger partial charge on any atom is -0.474 e. The first-order chi connectivity index (χ1) is 13.6. The molecule has 152 valence electrons. The normalized spacial score (nSPS) is 19.0. The topological polar surface area (TPSA) is 89.2 Å². The van der Waals surface area contributed by atoms with Crippen molar-refractivity contribution in [3.05, 3.63) is 16.7 Å². The quantitative estimate of drug-likeness (QED) is 0.733. The van der Waals surface area contributed by atoms with E-state index in [1.807, 2.05) is 0 Å². The van der Waals surface area contributed by atoms with Crippen molar-refractivity contribution in [3.8, 4) is 5.88 Å². The Kier molecular flexibility index (Phi) is 6.01. The molecule has 0 aromatic carbocycles. The zero-order chi connectivity index (χ0) is 19.5. The van der Waals surface area contributed by atoms with Gasteiger partial charge in [0, 0.05) is 25.8 Å². The molecule has 9 heteroatoms. The van der Waals surface area contributed by atoms with Gasteiger partial charge in [0.25, 0.3) is 0 Å². The zero-order valence-electron chi connectivity index (χ0n) is 15.7. The second-order valence-corrected chi connectivity index (χ2v) is 8.36. The molecule has 4 rings (SSSR count). The summed E-state index contributed by atoms with van der Waals surface area (Å²) in [4.78, 5) is 18.0. The Labute approximate surface area is 172 Å². The third-order valence-corrected chi connectivity index (χ3v) is 6.07. The number of aromatic nitrogens is 3. The van der Waals surface area contributed by atoms with Gasteiger partial charge in [-0.1, -0.05) is 6.42 Å². The van der Waals surface area contributed by atoms with Crippen molar-refractivity contribution in [1.82, 2.24) is 14.6 Å². The average Bonchev–Trinajstić information content (AvgIpc) is 3.08. The summed E-state index contributed by atoms with van der Waals surface area (Å²) in [7, 11) is 0. The van der Waals surface area contributed by atoms with Gasteiger partial charge in [0.05, 0.1) is 10.7 Å². The highest BCUT2D eigenvalue weighted by Gasteiger charge is 2.26. The van der Waals surface area contributed by atoms with Gasteiger partial charge in [0.1, 0.15) is 11.9 Å². The molecule has 1 saturated carbocycles. The van der Waals surface area contributed by atoms with Crippen LogP contribution in [0.3, 0.4) is 0 Å². The van der Waals surface area contributed by atoms with Gasteiger partial charge in [-0.2, -0.15) is 14.6 Å². The molecular formula is C19H25BrN4O4. The molecule has 0 bridgehead atoms. The molecule has 2 aromatic heterocycles. The first kappa shape index (κ1) is 19.4. The molecule has 1 aliphatic carbocycles. The molecule has 0 radical (unpaired) electrons. The van der Waals surface area contributed by atoms with Gasteiger partial charge in [-0.25, -0.2) is 4.79 Å². The SMILES string of the molecule is O=C(O)N(CC1CCOCC1)c1cc(OC2CCCCC2)nc2c(Br)cnn12. The van der Waals surface area contributed by atoms with Crippen LogP contribution in [0.2, 0.25) is 0 Å². The third kappa shape index (κ3) is 4.25. The largest absolute Gasteiger partial charge is 0.474 e. The average molecular weight is 453 g/mol. The van der Waals surface area contributed by atoms with E-state index >= 15 is 0 Å². The minimum absolute atomic E-state index is 0.131. The van der Waals surface area contributed by atoms with Gasteiger partial charge < -0.3 is 14.6 Å². The molecule has 0 spiro atoms. The van der Waals surface area contributed by atoms with Crippen LogP contribution in [0.5, 0.6) is 5.88 Å². The van der Waals surface area contributed by atoms with E-state index < -0.39 is 6.09 Å². The number of anilines is 1. The Hall–Kier alpha value is -1.87. The van der Waals surface area contributed by atoms with Crippen LogP contribution in [0, 0.1) is 5.92 Å². The summed E-state index contributed by atoms with van der Waals surface area (Å²) < 4.78 is 13.8. The molecule has 0 atom stereocenters. The fraction of sp³-hybridized carbons (Fsp3) is 0.632. The van der Waals surface area contributed by atoms with Crippen molar-refractivity contribution >= 4 is 33.5 Å². The highest BCUT2D eigenvalue weighted by molar-refractivity contribution is 9.10. The number of ether oxygens (including phenoxy) is 2. The molecular weight excluding hydrogens is 428 g/mol. The molecule has 1 aliphatic heterocycles. The second-order valence-electron chi connectivity index (χ2n) is 7.51. The monoisotopic (exact) mass is 452 g/mol. The number of halogens is 1. The number of hydrogen-bond donors (Lipinski definition) is 1. The Morgan fingerprint density at radius 2 is 2.04 bits per heavy atom. The number of rotatable bonds is 5. The van der Waals surface area contributed by atoms with Gasteiger partial charge in [0.15, 0.2) is 5.65 Å². The molecule has 8 nitrogen and oxygen atoms in total. The van der Waals surface area contributed by atoms with Crippen molar-refractivity contribution in [1.29, 1.82) is 0 Å². The van der Waals surface area contributed by atoms with E-state index in [-0.39, 0.29) is 12.0 Å². The third-order valence-electron chi connectivity index (χ3n) is 5.52. The van der Waals surface area contributed by atoms with E-state index in [1.165, 1.54) is 11.3 Å². The number of carboxylic acid groups (broad SMARTS) is 1. The maximum absolute atomic E-state index is 12.1. The van der Waals surface area contributed by atoms with Crippen LogP contribution in [0.25, 0.3) is 5.65 Å². The highest BCUT2D eigenvalue weighted by atomic mass is 79.9. The predicted molar refractivity (Wildman–Crippen MR) is 107 cm³/mol. The predicted octanol–water partition coefficient (Wildman–Crippen LogP) is 4.11. The number of nitrogens with zero attached hydrogens (tertiary/aromatic N) is 4. The van der Waals surface area contributed by atoms with E-state index in [1.54, 1.807) is 16.8 Å². The van der Waals surface area contributed by atoms with Gasteiger partial charge in [-0.15, -0.1) is 0 Å². The van der Waals surface area contributed by atoms with Crippen molar-refractivity contribution in [2.45, 2.75) is 51.0 Å².